The minimum atomic E-state index is -0.833. The monoisotopic (exact) mass is 462 g/mol. The number of aliphatic hydroxyl groups is 1. The number of nitrogens with one attached hydrogen (secondary N) is 1. The van der Waals surface area contributed by atoms with Crippen molar-refractivity contribution in [2.45, 2.75) is 25.5 Å². The van der Waals surface area contributed by atoms with E-state index >= 15 is 0 Å². The highest BCUT2D eigenvalue weighted by molar-refractivity contribution is 6.08. The van der Waals surface area contributed by atoms with Gasteiger partial charge in [0.1, 0.15) is 18.1 Å². The van der Waals surface area contributed by atoms with Crippen molar-refractivity contribution in [3.05, 3.63) is 78.0 Å². The van der Waals surface area contributed by atoms with Gasteiger partial charge in [0.25, 0.3) is 5.91 Å². The van der Waals surface area contributed by atoms with Crippen LogP contribution in [-0.4, -0.2) is 53.7 Å². The van der Waals surface area contributed by atoms with E-state index in [1.807, 2.05) is 0 Å². The fourth-order valence-electron chi connectivity index (χ4n) is 4.45. The fourth-order valence-corrected chi connectivity index (χ4v) is 4.45. The van der Waals surface area contributed by atoms with Crippen LogP contribution >= 0.6 is 0 Å². The molecule has 2 aliphatic heterocycles. The Bertz CT molecular complexity index is 1170. The maximum Gasteiger partial charge on any atom is 0.355 e. The Labute approximate surface area is 197 Å². The predicted molar refractivity (Wildman–Crippen MR) is 126 cm³/mol. The van der Waals surface area contributed by atoms with Gasteiger partial charge in [0, 0.05) is 11.3 Å². The number of anilines is 1. The number of aliphatic hydroxyl groups excluding tert-OH is 1. The number of carbonyl (C=O) groups excluding carboxylic acids is 3. The molecule has 176 valence electrons. The van der Waals surface area contributed by atoms with Crippen LogP contribution < -0.4 is 10.1 Å². The Kier molecular flexibility index (Phi) is 6.51. The number of hydrogen-bond donors (Lipinski definition) is 2. The molecule has 2 amide bonds. The molecule has 2 aromatic rings. The normalized spacial score (nSPS) is 19.7. The SMILES string of the molecule is C=CCOC(=O)C1=C(c2cccc(C(=O)Nc3ccc(OC)cc3)c2)C[C@@H]2[C@@H]([C@@H](C)O)C(=O)N12. The second-order valence-corrected chi connectivity index (χ2v) is 8.22. The Balaban J connectivity index is 1.63. The van der Waals surface area contributed by atoms with Crippen molar-refractivity contribution >= 4 is 29.0 Å². The molecule has 2 aliphatic rings. The molecule has 0 unspecified atom stereocenters. The lowest BCUT2D eigenvalue weighted by atomic mass is 9.82. The smallest absolute Gasteiger partial charge is 0.355 e. The minimum Gasteiger partial charge on any atom is -0.497 e. The van der Waals surface area contributed by atoms with E-state index in [2.05, 4.69) is 11.9 Å². The van der Waals surface area contributed by atoms with Crippen molar-refractivity contribution in [2.75, 3.05) is 19.0 Å². The number of methoxy groups -OCH3 is 1. The maximum atomic E-state index is 12.9. The summed E-state index contributed by atoms with van der Waals surface area (Å²) in [6, 6.07) is 13.5. The van der Waals surface area contributed by atoms with E-state index in [1.165, 1.54) is 11.0 Å². The summed E-state index contributed by atoms with van der Waals surface area (Å²) in [6.07, 6.45) is 0.995. The summed E-state index contributed by atoms with van der Waals surface area (Å²) in [4.78, 5) is 39.8. The molecule has 0 radical (unpaired) electrons. The van der Waals surface area contributed by atoms with E-state index in [1.54, 1.807) is 62.6 Å². The summed E-state index contributed by atoms with van der Waals surface area (Å²) < 4.78 is 10.4. The highest BCUT2D eigenvalue weighted by Gasteiger charge is 2.57. The van der Waals surface area contributed by atoms with Crippen molar-refractivity contribution in [3.63, 3.8) is 0 Å². The van der Waals surface area contributed by atoms with Gasteiger partial charge < -0.3 is 24.8 Å². The van der Waals surface area contributed by atoms with Crippen LogP contribution in [0.4, 0.5) is 5.69 Å². The number of fused-ring (bicyclic) bond motifs is 1. The molecule has 1 saturated heterocycles. The van der Waals surface area contributed by atoms with Crippen LogP contribution in [0.2, 0.25) is 0 Å². The Morgan fingerprint density at radius 2 is 2.00 bits per heavy atom. The van der Waals surface area contributed by atoms with Crippen LogP contribution in [0.5, 0.6) is 5.75 Å². The van der Waals surface area contributed by atoms with Crippen molar-refractivity contribution in [1.29, 1.82) is 0 Å². The molecule has 34 heavy (non-hydrogen) atoms. The zero-order chi connectivity index (χ0) is 24.4. The van der Waals surface area contributed by atoms with Crippen LogP contribution in [0, 0.1) is 5.92 Å². The molecule has 3 atom stereocenters. The van der Waals surface area contributed by atoms with Crippen molar-refractivity contribution < 1.29 is 29.0 Å². The molecule has 0 spiro atoms. The van der Waals surface area contributed by atoms with Crippen LogP contribution in [-0.2, 0) is 14.3 Å². The van der Waals surface area contributed by atoms with Gasteiger partial charge in [0.15, 0.2) is 0 Å². The van der Waals surface area contributed by atoms with E-state index in [0.29, 0.717) is 34.6 Å². The number of β-lactam (4-membered cyclic amide) rings is 1. The lowest BCUT2D eigenvalue weighted by Gasteiger charge is -2.44. The van der Waals surface area contributed by atoms with E-state index in [9.17, 15) is 19.5 Å². The molecule has 8 nitrogen and oxygen atoms in total. The van der Waals surface area contributed by atoms with E-state index < -0.39 is 18.0 Å². The molecular formula is C26H26N2O6. The Hall–Kier alpha value is -3.91. The standard InChI is InChI=1S/C26H26N2O6/c1-4-12-34-26(32)23-20(14-21-22(15(2)29)25(31)28(21)23)16-6-5-7-17(13-16)24(30)27-18-8-10-19(33-3)11-9-18/h4-11,13,15,21-22,29H,1,12,14H2,2-3H3,(H,27,30)/t15-,21-,22-/m1/s1. The topological polar surface area (TPSA) is 105 Å². The molecule has 2 N–H and O–H groups in total. The zero-order valence-corrected chi connectivity index (χ0v) is 19.0. The second kappa shape index (κ2) is 9.52. The number of nitrogens with zero attached hydrogens (tertiary/aromatic N) is 1. The van der Waals surface area contributed by atoms with E-state index in [0.717, 1.165) is 0 Å². The van der Waals surface area contributed by atoms with Gasteiger partial charge >= 0.3 is 5.97 Å². The van der Waals surface area contributed by atoms with Gasteiger partial charge in [-0.25, -0.2) is 4.79 Å². The van der Waals surface area contributed by atoms with Crippen LogP contribution in [0.15, 0.2) is 66.9 Å². The molecule has 1 fully saturated rings. The highest BCUT2D eigenvalue weighted by Crippen LogP contribution is 2.47. The van der Waals surface area contributed by atoms with Gasteiger partial charge in [-0.15, -0.1) is 0 Å². The maximum absolute atomic E-state index is 12.9. The third-order valence-electron chi connectivity index (χ3n) is 6.08. The average Bonchev–Trinajstić information content (AvgIpc) is 3.18. The predicted octanol–water partition coefficient (Wildman–Crippen LogP) is 3.00. The first-order chi connectivity index (χ1) is 16.3. The number of carbonyl (C=O) groups is 3. The molecule has 8 heteroatoms. The first-order valence-corrected chi connectivity index (χ1v) is 10.9. The molecule has 0 saturated carbocycles. The van der Waals surface area contributed by atoms with Gasteiger partial charge in [0.2, 0.25) is 5.91 Å². The van der Waals surface area contributed by atoms with Crippen LogP contribution in [0.3, 0.4) is 0 Å². The van der Waals surface area contributed by atoms with Crippen molar-refractivity contribution in [2.24, 2.45) is 5.92 Å². The number of benzene rings is 2. The summed E-state index contributed by atoms with van der Waals surface area (Å²) in [5.41, 5.74) is 2.40. The van der Waals surface area contributed by atoms with Gasteiger partial charge in [-0.3, -0.25) is 9.59 Å². The third kappa shape index (κ3) is 4.20. The molecule has 4 rings (SSSR count). The molecule has 2 aromatic carbocycles. The van der Waals surface area contributed by atoms with Crippen LogP contribution in [0.25, 0.3) is 5.57 Å². The minimum absolute atomic E-state index is 0.00640. The number of hydrogen-bond acceptors (Lipinski definition) is 6. The fraction of sp³-hybridized carbons (Fsp3) is 0.269. The van der Waals surface area contributed by atoms with Gasteiger partial charge in [-0.05, 0) is 60.9 Å². The summed E-state index contributed by atoms with van der Waals surface area (Å²) in [5.74, 6) is -1.17. The number of rotatable bonds is 8. The van der Waals surface area contributed by atoms with Gasteiger partial charge in [-0.2, -0.15) is 0 Å². The quantitative estimate of drug-likeness (QED) is 0.355. The first-order valence-electron chi connectivity index (χ1n) is 10.9. The lowest BCUT2D eigenvalue weighted by molar-refractivity contribution is -0.162. The molecule has 0 aromatic heterocycles. The van der Waals surface area contributed by atoms with Crippen molar-refractivity contribution in [1.82, 2.24) is 4.90 Å². The zero-order valence-electron chi connectivity index (χ0n) is 19.0. The number of amides is 2. The summed E-state index contributed by atoms with van der Waals surface area (Å²) in [7, 11) is 1.57. The molecule has 0 aliphatic carbocycles. The summed E-state index contributed by atoms with van der Waals surface area (Å²) >= 11 is 0. The summed E-state index contributed by atoms with van der Waals surface area (Å²) in [5, 5.41) is 12.9. The average molecular weight is 463 g/mol. The highest BCUT2D eigenvalue weighted by atomic mass is 16.5. The summed E-state index contributed by atoms with van der Waals surface area (Å²) in [6.45, 7) is 5.12. The van der Waals surface area contributed by atoms with Gasteiger partial charge in [-0.1, -0.05) is 24.8 Å². The number of esters is 1. The van der Waals surface area contributed by atoms with Gasteiger partial charge in [0.05, 0.1) is 25.2 Å². The van der Waals surface area contributed by atoms with E-state index in [4.69, 9.17) is 9.47 Å². The molecular weight excluding hydrogens is 436 g/mol. The lowest BCUT2D eigenvalue weighted by Crippen LogP contribution is -2.61. The third-order valence-corrected chi connectivity index (χ3v) is 6.08. The molecule has 0 bridgehead atoms. The second-order valence-electron chi connectivity index (χ2n) is 8.22. The van der Waals surface area contributed by atoms with Crippen LogP contribution in [0.1, 0.15) is 29.3 Å². The first kappa shape index (κ1) is 23.3. The van der Waals surface area contributed by atoms with E-state index in [-0.39, 0.29) is 30.2 Å². The number of ether oxygens (including phenoxy) is 2. The Morgan fingerprint density at radius 1 is 1.26 bits per heavy atom. The Morgan fingerprint density at radius 3 is 2.65 bits per heavy atom. The molecule has 2 heterocycles. The largest absolute Gasteiger partial charge is 0.497 e. The van der Waals surface area contributed by atoms with Crippen molar-refractivity contribution in [3.8, 4) is 5.75 Å².